The smallest absolute Gasteiger partial charge is 0.0971 e. The molecule has 0 radical (unpaired) electrons. The monoisotopic (exact) mass is 242 g/mol. The van der Waals surface area contributed by atoms with Crippen LogP contribution in [0.25, 0.3) is 0 Å². The molecule has 3 saturated carbocycles. The first-order valence-corrected chi connectivity index (χ1v) is 7.23. The summed E-state index contributed by atoms with van der Waals surface area (Å²) >= 11 is 0. The third-order valence-corrected chi connectivity index (χ3v) is 6.21. The molecule has 1 N–H and O–H groups in total. The van der Waals surface area contributed by atoms with Gasteiger partial charge < -0.3 is 9.84 Å². The van der Waals surface area contributed by atoms with Crippen molar-refractivity contribution in [2.24, 2.45) is 23.7 Å². The van der Waals surface area contributed by atoms with Crippen molar-refractivity contribution in [2.45, 2.75) is 37.1 Å². The van der Waals surface area contributed by atoms with Gasteiger partial charge in [-0.3, -0.25) is 0 Å². The molecule has 0 aromatic heterocycles. The predicted octanol–water partition coefficient (Wildman–Crippen LogP) is 2.32. The highest BCUT2D eigenvalue weighted by atomic mass is 16.5. The second-order valence-corrected chi connectivity index (χ2v) is 6.62. The molecule has 4 fully saturated rings. The van der Waals surface area contributed by atoms with Crippen molar-refractivity contribution < 1.29 is 9.84 Å². The molecule has 0 amide bonds. The molecule has 7 atom stereocenters. The largest absolute Gasteiger partial charge is 0.390 e. The Bertz CT molecular complexity index is 497. The number of hydrogen-bond donors (Lipinski definition) is 1. The van der Waals surface area contributed by atoms with Gasteiger partial charge in [-0.2, -0.15) is 0 Å². The minimum Gasteiger partial charge on any atom is -0.390 e. The van der Waals surface area contributed by atoms with Crippen LogP contribution in [0.3, 0.4) is 0 Å². The summed E-state index contributed by atoms with van der Waals surface area (Å²) < 4.78 is 6.47. The van der Waals surface area contributed by atoms with Crippen molar-refractivity contribution in [3.63, 3.8) is 0 Å². The van der Waals surface area contributed by atoms with Gasteiger partial charge >= 0.3 is 0 Å². The fraction of sp³-hybridized carbons (Fsp3) is 0.625. The Kier molecular flexibility index (Phi) is 1.66. The summed E-state index contributed by atoms with van der Waals surface area (Å²) in [4.78, 5) is 0. The first-order valence-electron chi connectivity index (χ1n) is 7.23. The maximum atomic E-state index is 10.4. The molecule has 18 heavy (non-hydrogen) atoms. The van der Waals surface area contributed by atoms with Crippen LogP contribution in [0.2, 0.25) is 0 Å². The second-order valence-electron chi connectivity index (χ2n) is 6.62. The second kappa shape index (κ2) is 3.00. The highest BCUT2D eigenvalue weighted by Crippen LogP contribution is 2.71. The summed E-state index contributed by atoms with van der Waals surface area (Å²) in [6, 6.07) is 10.7. The van der Waals surface area contributed by atoms with E-state index in [1.54, 1.807) is 0 Å². The number of hydrogen-bond acceptors (Lipinski definition) is 2. The molecule has 0 unspecified atom stereocenters. The normalized spacial score (nSPS) is 55.4. The topological polar surface area (TPSA) is 29.5 Å². The van der Waals surface area contributed by atoms with Crippen LogP contribution in [0.5, 0.6) is 0 Å². The van der Waals surface area contributed by atoms with Gasteiger partial charge in [0.05, 0.1) is 17.8 Å². The van der Waals surface area contributed by atoms with Crippen LogP contribution >= 0.6 is 0 Å². The van der Waals surface area contributed by atoms with Gasteiger partial charge in [0.15, 0.2) is 0 Å². The van der Waals surface area contributed by atoms with Crippen LogP contribution in [0.15, 0.2) is 30.3 Å². The average Bonchev–Trinajstić information content (AvgIpc) is 3.07. The van der Waals surface area contributed by atoms with Crippen LogP contribution in [-0.4, -0.2) is 17.3 Å². The SMILES string of the molecule is O[C@H]1[C@H]2C[C@H]3[C@@H]1O[C@@]1(c4ccccc4)CC[C@@H]2[C@@H]31. The van der Waals surface area contributed by atoms with Crippen LogP contribution < -0.4 is 0 Å². The standard InChI is InChI=1S/C16H18O2/c17-14-11-8-12-13-10(11)6-7-16(13,18-15(12)14)9-4-2-1-3-5-9/h1-5,10-15,17H,6-8H2/t10-,11-,12+,13-,14-,15-,16+/m0/s1. The van der Waals surface area contributed by atoms with E-state index in [9.17, 15) is 5.11 Å². The molecule has 1 aromatic carbocycles. The van der Waals surface area contributed by atoms with Gasteiger partial charge in [0.25, 0.3) is 0 Å². The molecule has 5 rings (SSSR count). The Morgan fingerprint density at radius 1 is 1.11 bits per heavy atom. The zero-order valence-electron chi connectivity index (χ0n) is 10.3. The van der Waals surface area contributed by atoms with Gasteiger partial charge in [-0.15, -0.1) is 0 Å². The molecule has 3 aliphatic carbocycles. The first-order chi connectivity index (χ1) is 8.81. The highest BCUT2D eigenvalue weighted by molar-refractivity contribution is 5.32. The lowest BCUT2D eigenvalue weighted by Gasteiger charge is -2.30. The first kappa shape index (κ1) is 9.99. The van der Waals surface area contributed by atoms with Crippen molar-refractivity contribution in [1.29, 1.82) is 0 Å². The van der Waals surface area contributed by atoms with Gasteiger partial charge in [-0.25, -0.2) is 0 Å². The minimum absolute atomic E-state index is 0.0620. The van der Waals surface area contributed by atoms with Crippen molar-refractivity contribution in [3.05, 3.63) is 35.9 Å². The summed E-state index contributed by atoms with van der Waals surface area (Å²) in [5.41, 5.74) is 1.28. The number of ether oxygens (including phenoxy) is 1. The van der Waals surface area contributed by atoms with Gasteiger partial charge in [-0.05, 0) is 42.6 Å². The van der Waals surface area contributed by atoms with Crippen molar-refractivity contribution in [3.8, 4) is 0 Å². The number of aliphatic hydroxyl groups is 1. The van der Waals surface area contributed by atoms with E-state index in [0.29, 0.717) is 23.7 Å². The fourth-order valence-corrected chi connectivity index (χ4v) is 5.74. The zero-order chi connectivity index (χ0) is 11.9. The Morgan fingerprint density at radius 3 is 2.78 bits per heavy atom. The maximum Gasteiger partial charge on any atom is 0.0971 e. The summed E-state index contributed by atoms with van der Waals surface area (Å²) in [6.07, 6.45) is 3.53. The molecule has 4 aliphatic rings. The van der Waals surface area contributed by atoms with Crippen molar-refractivity contribution in [1.82, 2.24) is 0 Å². The number of benzene rings is 1. The maximum absolute atomic E-state index is 10.4. The molecule has 1 aromatic rings. The van der Waals surface area contributed by atoms with Crippen molar-refractivity contribution in [2.75, 3.05) is 0 Å². The molecule has 2 nitrogen and oxygen atoms in total. The quantitative estimate of drug-likeness (QED) is 0.819. The Balaban J connectivity index is 1.68. The lowest BCUT2D eigenvalue weighted by atomic mass is 9.75. The van der Waals surface area contributed by atoms with E-state index in [-0.39, 0.29) is 17.8 Å². The van der Waals surface area contributed by atoms with E-state index in [0.717, 1.165) is 6.42 Å². The summed E-state index contributed by atoms with van der Waals surface area (Å²) in [5, 5.41) is 10.4. The predicted molar refractivity (Wildman–Crippen MR) is 66.8 cm³/mol. The number of aliphatic hydroxyl groups excluding tert-OH is 1. The van der Waals surface area contributed by atoms with E-state index in [1.807, 2.05) is 0 Å². The van der Waals surface area contributed by atoms with E-state index < -0.39 is 0 Å². The number of rotatable bonds is 1. The van der Waals surface area contributed by atoms with E-state index in [2.05, 4.69) is 30.3 Å². The van der Waals surface area contributed by atoms with Crippen LogP contribution in [0.1, 0.15) is 24.8 Å². The van der Waals surface area contributed by atoms with Gasteiger partial charge in [0.1, 0.15) is 0 Å². The van der Waals surface area contributed by atoms with Crippen molar-refractivity contribution >= 4 is 0 Å². The average molecular weight is 242 g/mol. The summed E-state index contributed by atoms with van der Waals surface area (Å²) in [5.74, 6) is 2.54. The van der Waals surface area contributed by atoms with Crippen LogP contribution in [0, 0.1) is 23.7 Å². The van der Waals surface area contributed by atoms with E-state index >= 15 is 0 Å². The lowest BCUT2D eigenvalue weighted by Crippen LogP contribution is -2.36. The molecule has 2 bridgehead atoms. The van der Waals surface area contributed by atoms with E-state index in [4.69, 9.17) is 4.74 Å². The van der Waals surface area contributed by atoms with E-state index in [1.165, 1.54) is 18.4 Å². The molecule has 0 spiro atoms. The molecule has 1 aliphatic heterocycles. The van der Waals surface area contributed by atoms with Gasteiger partial charge in [-0.1, -0.05) is 30.3 Å². The summed E-state index contributed by atoms with van der Waals surface area (Å²) in [7, 11) is 0. The molecule has 94 valence electrons. The third-order valence-electron chi connectivity index (χ3n) is 6.21. The van der Waals surface area contributed by atoms with Gasteiger partial charge in [0.2, 0.25) is 0 Å². The third kappa shape index (κ3) is 0.896. The van der Waals surface area contributed by atoms with Gasteiger partial charge in [0, 0.05) is 5.92 Å². The molecular formula is C16H18O2. The zero-order valence-corrected chi connectivity index (χ0v) is 10.3. The summed E-state index contributed by atoms with van der Waals surface area (Å²) in [6.45, 7) is 0. The minimum atomic E-state index is -0.192. The Labute approximate surface area is 107 Å². The molecule has 1 heterocycles. The fourth-order valence-electron chi connectivity index (χ4n) is 5.74. The molecule has 1 saturated heterocycles. The Morgan fingerprint density at radius 2 is 1.94 bits per heavy atom. The number of fused-ring (bicyclic) bond motifs is 2. The molecular weight excluding hydrogens is 224 g/mol. The van der Waals surface area contributed by atoms with Crippen LogP contribution in [-0.2, 0) is 10.3 Å². The lowest BCUT2D eigenvalue weighted by molar-refractivity contribution is -0.0949. The highest BCUT2D eigenvalue weighted by Gasteiger charge is 2.73. The van der Waals surface area contributed by atoms with Crippen LogP contribution in [0.4, 0.5) is 0 Å². The molecule has 2 heteroatoms. The Hall–Kier alpha value is -0.860.